The van der Waals surface area contributed by atoms with Gasteiger partial charge in [-0.1, -0.05) is 22.0 Å². The van der Waals surface area contributed by atoms with E-state index in [1.165, 1.54) is 23.5 Å². The minimum atomic E-state index is -1.59. The second-order valence-electron chi connectivity index (χ2n) is 8.31. The SMILES string of the molecule is CCOC(=O)C1=C(CN2CC(F)(CCC(=O)O)C2)NC(c2nccs2)=NC1c1ccc(F)cc1Br. The van der Waals surface area contributed by atoms with E-state index in [9.17, 15) is 18.4 Å². The molecule has 186 valence electrons. The number of carbonyl (C=O) groups excluding carboxylic acids is 1. The molecule has 0 saturated carbocycles. The molecule has 0 spiro atoms. The first-order valence-corrected chi connectivity index (χ1v) is 12.6. The highest BCUT2D eigenvalue weighted by atomic mass is 79.9. The summed E-state index contributed by atoms with van der Waals surface area (Å²) in [6.45, 7) is 2.10. The lowest BCUT2D eigenvalue weighted by Crippen LogP contribution is -2.60. The van der Waals surface area contributed by atoms with Crippen molar-refractivity contribution >= 4 is 45.0 Å². The highest BCUT2D eigenvalue weighted by Gasteiger charge is 2.44. The van der Waals surface area contributed by atoms with Crippen molar-refractivity contribution in [3.05, 3.63) is 61.9 Å². The van der Waals surface area contributed by atoms with Crippen molar-refractivity contribution in [2.45, 2.75) is 31.5 Å². The van der Waals surface area contributed by atoms with Crippen LogP contribution in [0.4, 0.5) is 8.78 Å². The summed E-state index contributed by atoms with van der Waals surface area (Å²) >= 11 is 4.74. The number of likely N-dealkylation sites (tertiary alicyclic amines) is 1. The van der Waals surface area contributed by atoms with E-state index in [4.69, 9.17) is 14.8 Å². The Labute approximate surface area is 212 Å². The van der Waals surface area contributed by atoms with E-state index in [0.717, 1.165) is 0 Å². The largest absolute Gasteiger partial charge is 0.481 e. The number of amidine groups is 1. The van der Waals surface area contributed by atoms with Crippen LogP contribution < -0.4 is 5.32 Å². The average molecular weight is 569 g/mol. The molecule has 8 nitrogen and oxygen atoms in total. The Morgan fingerprint density at radius 2 is 2.17 bits per heavy atom. The summed E-state index contributed by atoms with van der Waals surface area (Å²) in [5.41, 5.74) is -0.317. The molecule has 2 N–H and O–H groups in total. The van der Waals surface area contributed by atoms with Crippen LogP contribution in [0, 0.1) is 5.82 Å². The van der Waals surface area contributed by atoms with Crippen molar-refractivity contribution in [3.63, 3.8) is 0 Å². The van der Waals surface area contributed by atoms with Crippen LogP contribution in [-0.2, 0) is 14.3 Å². The number of halogens is 3. The van der Waals surface area contributed by atoms with Gasteiger partial charge >= 0.3 is 11.9 Å². The fourth-order valence-electron chi connectivity index (χ4n) is 4.15. The van der Waals surface area contributed by atoms with Gasteiger partial charge in [-0.2, -0.15) is 0 Å². The fraction of sp³-hybridized carbons (Fsp3) is 0.391. The molecule has 12 heteroatoms. The van der Waals surface area contributed by atoms with Gasteiger partial charge in [-0.05, 0) is 31.0 Å². The number of aromatic nitrogens is 1. The third-order valence-electron chi connectivity index (χ3n) is 5.70. The second kappa shape index (κ2) is 10.5. The van der Waals surface area contributed by atoms with Crippen molar-refractivity contribution in [2.24, 2.45) is 4.99 Å². The van der Waals surface area contributed by atoms with Crippen molar-refractivity contribution < 1.29 is 28.2 Å². The van der Waals surface area contributed by atoms with Gasteiger partial charge in [0, 0.05) is 47.8 Å². The zero-order chi connectivity index (χ0) is 25.2. The number of aliphatic imine (C=N–C) groups is 1. The van der Waals surface area contributed by atoms with Crippen LogP contribution in [0.25, 0.3) is 0 Å². The normalized spacial score (nSPS) is 19.5. The molecule has 3 heterocycles. The van der Waals surface area contributed by atoms with Crippen LogP contribution in [0.15, 0.2) is 50.5 Å². The van der Waals surface area contributed by atoms with Gasteiger partial charge in [-0.25, -0.2) is 18.6 Å². The minimum absolute atomic E-state index is 0.0379. The number of thiazole rings is 1. The maximum absolute atomic E-state index is 14.9. The molecule has 2 aromatic rings. The predicted molar refractivity (Wildman–Crippen MR) is 129 cm³/mol. The fourth-order valence-corrected chi connectivity index (χ4v) is 5.30. The molecule has 35 heavy (non-hydrogen) atoms. The Bertz CT molecular complexity index is 1180. The molecule has 0 aliphatic carbocycles. The molecule has 1 aromatic carbocycles. The Morgan fingerprint density at radius 3 is 2.80 bits per heavy atom. The van der Waals surface area contributed by atoms with Crippen LogP contribution >= 0.6 is 27.3 Å². The Kier molecular flexibility index (Phi) is 7.62. The van der Waals surface area contributed by atoms with E-state index in [1.54, 1.807) is 29.5 Å². The number of alkyl halides is 1. The van der Waals surface area contributed by atoms with E-state index in [-0.39, 0.29) is 44.7 Å². The highest BCUT2D eigenvalue weighted by Crippen LogP contribution is 2.38. The number of rotatable bonds is 9. The molecule has 2 aliphatic heterocycles. The van der Waals surface area contributed by atoms with Gasteiger partial charge in [0.1, 0.15) is 17.5 Å². The lowest BCUT2D eigenvalue weighted by molar-refractivity contribution is -0.140. The second-order valence-corrected chi connectivity index (χ2v) is 10.1. The predicted octanol–water partition coefficient (Wildman–Crippen LogP) is 3.84. The summed E-state index contributed by atoms with van der Waals surface area (Å²) in [7, 11) is 0. The first kappa shape index (κ1) is 25.4. The highest BCUT2D eigenvalue weighted by molar-refractivity contribution is 9.10. The molecular formula is C23H23BrF2N4O4S. The van der Waals surface area contributed by atoms with Crippen LogP contribution in [0.1, 0.15) is 36.4 Å². The lowest BCUT2D eigenvalue weighted by atomic mass is 9.89. The van der Waals surface area contributed by atoms with E-state index in [0.29, 0.717) is 26.6 Å². The zero-order valence-corrected chi connectivity index (χ0v) is 21.2. The summed E-state index contributed by atoms with van der Waals surface area (Å²) in [6, 6.07) is 3.33. The zero-order valence-electron chi connectivity index (χ0n) is 18.8. The molecule has 1 atom stereocenters. The van der Waals surface area contributed by atoms with Crippen molar-refractivity contribution in [2.75, 3.05) is 26.2 Å². The molecule has 4 rings (SSSR count). The molecule has 1 fully saturated rings. The van der Waals surface area contributed by atoms with Gasteiger partial charge in [0.05, 0.1) is 12.2 Å². The summed E-state index contributed by atoms with van der Waals surface area (Å²) in [6.07, 6.45) is 1.31. The van der Waals surface area contributed by atoms with Crippen molar-refractivity contribution in [1.82, 2.24) is 15.2 Å². The number of carboxylic acid groups (broad SMARTS) is 1. The summed E-state index contributed by atoms with van der Waals surface area (Å²) in [5, 5.41) is 14.4. The summed E-state index contributed by atoms with van der Waals surface area (Å²) in [4.78, 5) is 34.8. The minimum Gasteiger partial charge on any atom is -0.481 e. The van der Waals surface area contributed by atoms with E-state index in [1.807, 2.05) is 0 Å². The standard InChI is InChI=1S/C23H23BrF2N4O4S/c1-2-34-22(33)18-16(10-30-11-23(26,12-30)6-5-17(31)32)28-20(21-27-7-8-35-21)29-19(18)14-4-3-13(25)9-15(14)24/h3-4,7-9,19H,2,5-6,10-12H2,1H3,(H,28,29)(H,31,32). The topological polar surface area (TPSA) is 104 Å². The molecule has 2 aliphatic rings. The third kappa shape index (κ3) is 5.76. The van der Waals surface area contributed by atoms with E-state index < -0.39 is 29.5 Å². The van der Waals surface area contributed by atoms with Crippen LogP contribution in [0.2, 0.25) is 0 Å². The van der Waals surface area contributed by atoms with E-state index >= 15 is 0 Å². The van der Waals surface area contributed by atoms with Gasteiger partial charge in [-0.15, -0.1) is 11.3 Å². The van der Waals surface area contributed by atoms with Gasteiger partial charge in [-0.3, -0.25) is 14.7 Å². The van der Waals surface area contributed by atoms with E-state index in [2.05, 4.69) is 26.2 Å². The van der Waals surface area contributed by atoms with Gasteiger partial charge in [0.15, 0.2) is 10.8 Å². The first-order chi connectivity index (χ1) is 16.7. The number of hydrogen-bond acceptors (Lipinski definition) is 8. The first-order valence-electron chi connectivity index (χ1n) is 10.9. The third-order valence-corrected chi connectivity index (χ3v) is 7.16. The average Bonchev–Trinajstić information content (AvgIpc) is 3.31. The van der Waals surface area contributed by atoms with Gasteiger partial charge in [0.25, 0.3) is 0 Å². The molecule has 0 bridgehead atoms. The van der Waals surface area contributed by atoms with Crippen LogP contribution in [0.3, 0.4) is 0 Å². The number of carboxylic acids is 1. The number of ether oxygens (including phenoxy) is 1. The number of benzene rings is 1. The Balaban J connectivity index is 1.70. The van der Waals surface area contributed by atoms with Crippen LogP contribution in [-0.4, -0.2) is 64.7 Å². The number of nitrogens with one attached hydrogen (secondary N) is 1. The molecule has 0 amide bonds. The maximum Gasteiger partial charge on any atom is 0.338 e. The van der Waals surface area contributed by atoms with Gasteiger partial charge < -0.3 is 15.2 Å². The molecule has 1 unspecified atom stereocenters. The van der Waals surface area contributed by atoms with Crippen molar-refractivity contribution in [1.29, 1.82) is 0 Å². The number of esters is 1. The smallest absolute Gasteiger partial charge is 0.338 e. The van der Waals surface area contributed by atoms with Gasteiger partial charge in [0.2, 0.25) is 0 Å². The summed E-state index contributed by atoms with van der Waals surface area (Å²) < 4.78 is 34.4. The molecule has 0 radical (unpaired) electrons. The van der Waals surface area contributed by atoms with Crippen LogP contribution in [0.5, 0.6) is 0 Å². The monoisotopic (exact) mass is 568 g/mol. The quantitative estimate of drug-likeness (QED) is 0.443. The molecular weight excluding hydrogens is 546 g/mol. The number of nitrogens with zero attached hydrogens (tertiary/aromatic N) is 3. The maximum atomic E-state index is 14.9. The Morgan fingerprint density at radius 1 is 1.40 bits per heavy atom. The number of carbonyl (C=O) groups is 2. The van der Waals surface area contributed by atoms with Crippen molar-refractivity contribution in [3.8, 4) is 0 Å². The summed E-state index contributed by atoms with van der Waals surface area (Å²) in [5.74, 6) is -1.64. The number of aliphatic carboxylic acids is 1. The molecule has 1 aromatic heterocycles. The lowest BCUT2D eigenvalue weighted by Gasteiger charge is -2.45. The number of hydrogen-bond donors (Lipinski definition) is 2. The molecule has 1 saturated heterocycles. The Hall–Kier alpha value is -2.70.